The van der Waals surface area contributed by atoms with Gasteiger partial charge in [-0.3, -0.25) is 0 Å². The fourth-order valence-electron chi connectivity index (χ4n) is 1.28. The van der Waals surface area contributed by atoms with Crippen LogP contribution in [0.3, 0.4) is 0 Å². The van der Waals surface area contributed by atoms with E-state index in [1.807, 2.05) is 0 Å². The molecule has 3 nitrogen and oxygen atoms in total. The van der Waals surface area contributed by atoms with E-state index in [9.17, 15) is 13.2 Å². The monoisotopic (exact) mass is 268 g/mol. The molecule has 0 aliphatic carbocycles. The number of aliphatic hydroxyl groups excluding tert-OH is 1. The van der Waals surface area contributed by atoms with Gasteiger partial charge in [0.15, 0.2) is 11.5 Å². The average molecular weight is 268 g/mol. The summed E-state index contributed by atoms with van der Waals surface area (Å²) in [6.07, 6.45) is 0. The van der Waals surface area contributed by atoms with Crippen LogP contribution in [0, 0.1) is 0 Å². The number of rotatable bonds is 4. The van der Waals surface area contributed by atoms with Crippen molar-refractivity contribution in [3.8, 4) is 11.5 Å². The molecule has 0 spiro atoms. The van der Waals surface area contributed by atoms with Crippen molar-refractivity contribution < 1.29 is 27.8 Å². The zero-order valence-electron chi connectivity index (χ0n) is 9.17. The molecular weight excluding hydrogens is 257 g/mol. The molecule has 0 saturated heterocycles. The predicted molar refractivity (Wildman–Crippen MR) is 57.4 cm³/mol. The zero-order chi connectivity index (χ0) is 13.1. The molecule has 0 unspecified atom stereocenters. The Kier molecular flexibility index (Phi) is 4.53. The van der Waals surface area contributed by atoms with Gasteiger partial charge in [-0.05, 0) is 29.5 Å². The third-order valence-corrected chi connectivity index (χ3v) is 2.67. The molecule has 0 amide bonds. The summed E-state index contributed by atoms with van der Waals surface area (Å²) in [4.78, 5) is -0.136. The molecule has 0 atom stereocenters. The van der Waals surface area contributed by atoms with Crippen molar-refractivity contribution >= 4 is 11.8 Å². The van der Waals surface area contributed by atoms with Gasteiger partial charge in [0.2, 0.25) is 0 Å². The highest BCUT2D eigenvalue weighted by molar-refractivity contribution is 8.00. The van der Waals surface area contributed by atoms with Crippen molar-refractivity contribution in [3.63, 3.8) is 0 Å². The summed E-state index contributed by atoms with van der Waals surface area (Å²) >= 11 is -0.305. The Morgan fingerprint density at radius 2 is 1.88 bits per heavy atom. The number of ether oxygens (including phenoxy) is 2. The van der Waals surface area contributed by atoms with Crippen LogP contribution >= 0.6 is 11.8 Å². The number of hydrogen-bond acceptors (Lipinski definition) is 4. The number of aliphatic hydroxyl groups is 1. The summed E-state index contributed by atoms with van der Waals surface area (Å²) < 4.78 is 46.8. The van der Waals surface area contributed by atoms with Crippen LogP contribution in [0.2, 0.25) is 0 Å². The van der Waals surface area contributed by atoms with Gasteiger partial charge in [0.05, 0.1) is 25.7 Å². The third kappa shape index (κ3) is 3.71. The molecule has 96 valence electrons. The topological polar surface area (TPSA) is 38.7 Å². The molecule has 0 fully saturated rings. The van der Waals surface area contributed by atoms with Crippen molar-refractivity contribution in [2.45, 2.75) is 17.0 Å². The molecule has 1 aromatic carbocycles. The minimum Gasteiger partial charge on any atom is -0.493 e. The van der Waals surface area contributed by atoms with Gasteiger partial charge in [-0.2, -0.15) is 13.2 Å². The molecule has 0 aliphatic heterocycles. The Hall–Kier alpha value is -1.08. The largest absolute Gasteiger partial charge is 0.493 e. The van der Waals surface area contributed by atoms with E-state index in [2.05, 4.69) is 0 Å². The van der Waals surface area contributed by atoms with Crippen molar-refractivity contribution in [1.82, 2.24) is 0 Å². The van der Waals surface area contributed by atoms with Gasteiger partial charge < -0.3 is 14.6 Å². The second-order valence-corrected chi connectivity index (χ2v) is 4.14. The highest BCUT2D eigenvalue weighted by Crippen LogP contribution is 2.45. The minimum atomic E-state index is -4.42. The average Bonchev–Trinajstić information content (AvgIpc) is 2.25. The van der Waals surface area contributed by atoms with Crippen LogP contribution in [0.5, 0.6) is 11.5 Å². The highest BCUT2D eigenvalue weighted by Gasteiger charge is 2.32. The Labute approximate surface area is 101 Å². The van der Waals surface area contributed by atoms with Crippen LogP contribution in [0.4, 0.5) is 13.2 Å². The summed E-state index contributed by atoms with van der Waals surface area (Å²) in [6.45, 7) is -0.369. The number of alkyl halides is 3. The van der Waals surface area contributed by atoms with Gasteiger partial charge >= 0.3 is 5.51 Å². The summed E-state index contributed by atoms with van der Waals surface area (Å²) in [5.74, 6) is 0.165. The van der Waals surface area contributed by atoms with Crippen LogP contribution in [0.1, 0.15) is 5.56 Å². The van der Waals surface area contributed by atoms with Crippen molar-refractivity contribution in [1.29, 1.82) is 0 Å². The summed E-state index contributed by atoms with van der Waals surface area (Å²) in [5, 5.41) is 8.96. The highest BCUT2D eigenvalue weighted by atomic mass is 32.2. The van der Waals surface area contributed by atoms with E-state index in [0.29, 0.717) is 5.56 Å². The molecule has 1 aromatic rings. The molecule has 17 heavy (non-hydrogen) atoms. The normalized spacial score (nSPS) is 11.4. The summed E-state index contributed by atoms with van der Waals surface area (Å²) in [7, 11) is 2.58. The lowest BCUT2D eigenvalue weighted by molar-refractivity contribution is -0.0329. The molecule has 0 saturated carbocycles. The maximum Gasteiger partial charge on any atom is 0.446 e. The first-order chi connectivity index (χ1) is 7.91. The van der Waals surface area contributed by atoms with Gasteiger partial charge in [0, 0.05) is 0 Å². The first-order valence-corrected chi connectivity index (χ1v) is 5.34. The number of methoxy groups -OCH3 is 2. The number of halogens is 3. The Balaban J connectivity index is 3.24. The quantitative estimate of drug-likeness (QED) is 0.852. The smallest absolute Gasteiger partial charge is 0.446 e. The van der Waals surface area contributed by atoms with Gasteiger partial charge in [-0.1, -0.05) is 0 Å². The van der Waals surface area contributed by atoms with Crippen molar-refractivity contribution in [2.24, 2.45) is 0 Å². The molecule has 7 heteroatoms. The first-order valence-electron chi connectivity index (χ1n) is 4.52. The predicted octanol–water partition coefficient (Wildman–Crippen LogP) is 2.81. The molecule has 0 heterocycles. The van der Waals surface area contributed by atoms with Gasteiger partial charge in [0.25, 0.3) is 0 Å². The Morgan fingerprint density at radius 1 is 1.24 bits per heavy atom. The minimum absolute atomic E-state index is 0.00650. The van der Waals surface area contributed by atoms with Crippen LogP contribution < -0.4 is 9.47 Å². The lowest BCUT2D eigenvalue weighted by Crippen LogP contribution is -2.02. The summed E-state index contributed by atoms with van der Waals surface area (Å²) in [5.41, 5.74) is -4.10. The van der Waals surface area contributed by atoms with E-state index in [0.717, 1.165) is 0 Å². The second kappa shape index (κ2) is 5.50. The van der Waals surface area contributed by atoms with Crippen LogP contribution in [-0.4, -0.2) is 24.8 Å². The first kappa shape index (κ1) is 14.0. The Bertz CT molecular complexity index is 393. The third-order valence-electron chi connectivity index (χ3n) is 1.91. The van der Waals surface area contributed by atoms with E-state index in [-0.39, 0.29) is 34.8 Å². The lowest BCUT2D eigenvalue weighted by Gasteiger charge is -2.15. The van der Waals surface area contributed by atoms with Gasteiger partial charge in [0.1, 0.15) is 0 Å². The Morgan fingerprint density at radius 3 is 2.29 bits per heavy atom. The molecule has 1 rings (SSSR count). The van der Waals surface area contributed by atoms with Gasteiger partial charge in [-0.15, -0.1) is 0 Å². The molecular formula is C10H11F3O3S. The standard InChI is InChI=1S/C10H11F3O3S/c1-15-7-3-6(5-14)4-8(9(7)16-2)17-10(11,12)13/h3-4,14H,5H2,1-2H3. The maximum atomic E-state index is 12.3. The summed E-state index contributed by atoms with van der Waals surface area (Å²) in [6, 6.07) is 2.65. The number of thioether (sulfide) groups is 1. The lowest BCUT2D eigenvalue weighted by atomic mass is 10.2. The van der Waals surface area contributed by atoms with Crippen molar-refractivity contribution in [3.05, 3.63) is 17.7 Å². The van der Waals surface area contributed by atoms with Crippen molar-refractivity contribution in [2.75, 3.05) is 14.2 Å². The second-order valence-electron chi connectivity index (χ2n) is 3.04. The molecule has 1 N–H and O–H groups in total. The molecule has 0 radical (unpaired) electrons. The number of benzene rings is 1. The van der Waals surface area contributed by atoms with E-state index in [1.54, 1.807) is 0 Å². The zero-order valence-corrected chi connectivity index (χ0v) is 9.98. The van der Waals surface area contributed by atoms with E-state index in [1.165, 1.54) is 26.4 Å². The van der Waals surface area contributed by atoms with E-state index < -0.39 is 5.51 Å². The van der Waals surface area contributed by atoms with E-state index >= 15 is 0 Å². The maximum absolute atomic E-state index is 12.3. The van der Waals surface area contributed by atoms with Crippen LogP contribution in [0.15, 0.2) is 17.0 Å². The number of hydrogen-bond donors (Lipinski definition) is 1. The SMILES string of the molecule is COc1cc(CO)cc(SC(F)(F)F)c1OC. The van der Waals surface area contributed by atoms with E-state index in [4.69, 9.17) is 14.6 Å². The molecule has 0 aliphatic rings. The molecule has 0 aromatic heterocycles. The van der Waals surface area contributed by atoms with Crippen LogP contribution in [0.25, 0.3) is 0 Å². The fraction of sp³-hybridized carbons (Fsp3) is 0.400. The molecule has 0 bridgehead atoms. The fourth-order valence-corrected chi connectivity index (χ4v) is 2.01. The van der Waals surface area contributed by atoms with Crippen LogP contribution in [-0.2, 0) is 6.61 Å². The van der Waals surface area contributed by atoms with Gasteiger partial charge in [-0.25, -0.2) is 0 Å².